The second-order valence-corrected chi connectivity index (χ2v) is 6.25. The lowest BCUT2D eigenvalue weighted by molar-refractivity contribution is -0.134. The van der Waals surface area contributed by atoms with Gasteiger partial charge in [-0.3, -0.25) is 14.6 Å². The maximum absolute atomic E-state index is 12.2. The van der Waals surface area contributed by atoms with Gasteiger partial charge in [0.1, 0.15) is 6.04 Å². The zero-order valence-corrected chi connectivity index (χ0v) is 14.0. The third-order valence-corrected chi connectivity index (χ3v) is 4.05. The Morgan fingerprint density at radius 1 is 1.25 bits per heavy atom. The lowest BCUT2D eigenvalue weighted by Gasteiger charge is -2.19. The van der Waals surface area contributed by atoms with E-state index in [4.69, 9.17) is 5.21 Å². The highest BCUT2D eigenvalue weighted by atomic mass is 16.5. The summed E-state index contributed by atoms with van der Waals surface area (Å²) in [7, 11) is 0. The monoisotopic (exact) mass is 333 g/mol. The molecule has 0 radical (unpaired) electrons. The number of imidazole rings is 1. The number of carbonyl (C=O) groups excluding carboxylic acids is 1. The Labute approximate surface area is 139 Å². The highest BCUT2D eigenvalue weighted by Gasteiger charge is 2.29. The molecule has 1 aromatic carbocycles. The van der Waals surface area contributed by atoms with Crippen LogP contribution in [-0.4, -0.2) is 25.8 Å². The number of hydrogen-bond acceptors (Lipinski definition) is 4. The van der Waals surface area contributed by atoms with Crippen molar-refractivity contribution >= 4 is 5.91 Å². The average Bonchev–Trinajstić information content (AvgIpc) is 2.82. The van der Waals surface area contributed by atoms with Crippen molar-refractivity contribution in [3.8, 4) is 5.88 Å². The van der Waals surface area contributed by atoms with Crippen molar-refractivity contribution in [2.75, 3.05) is 0 Å². The number of carbonyl (C=O) groups is 1. The van der Waals surface area contributed by atoms with Crippen LogP contribution in [0.4, 0.5) is 0 Å². The Morgan fingerprint density at radius 3 is 2.42 bits per heavy atom. The van der Waals surface area contributed by atoms with E-state index in [1.165, 1.54) is 0 Å². The molecule has 0 saturated heterocycles. The highest BCUT2D eigenvalue weighted by Crippen LogP contribution is 2.24. The summed E-state index contributed by atoms with van der Waals surface area (Å²) in [4.78, 5) is 26.6. The molecule has 0 aliphatic rings. The lowest BCUT2D eigenvalue weighted by Crippen LogP contribution is -2.37. The van der Waals surface area contributed by atoms with Gasteiger partial charge in [0, 0.05) is 0 Å². The number of hydrogen-bond donors (Lipinski definition) is 4. The topological polar surface area (TPSA) is 107 Å². The van der Waals surface area contributed by atoms with Gasteiger partial charge in [-0.25, -0.2) is 10.3 Å². The molecular weight excluding hydrogens is 310 g/mol. The SMILES string of the molecule is Cc1ccc(CCc2[nH]c(=O)n([C@@H](C(=O)NO)C(C)C)c2O)cc1. The standard InChI is InChI=1S/C17H23N3O4/c1-10(2)14(15(21)19-24)20-16(22)13(18-17(20)23)9-8-12-6-4-11(3)5-7-12/h4-7,10,14,22,24H,8-9H2,1-3H3,(H,18,23)(H,19,21)/t14-/m1/s1. The van der Waals surface area contributed by atoms with Crippen molar-refractivity contribution in [1.29, 1.82) is 0 Å². The third kappa shape index (κ3) is 3.68. The molecule has 24 heavy (non-hydrogen) atoms. The molecule has 0 saturated carbocycles. The van der Waals surface area contributed by atoms with Crippen LogP contribution in [0.3, 0.4) is 0 Å². The minimum absolute atomic E-state index is 0.269. The molecule has 1 atom stereocenters. The second kappa shape index (κ2) is 7.35. The van der Waals surface area contributed by atoms with Crippen molar-refractivity contribution in [1.82, 2.24) is 15.0 Å². The molecule has 0 spiro atoms. The zero-order chi connectivity index (χ0) is 17.9. The quantitative estimate of drug-likeness (QED) is 0.476. The largest absolute Gasteiger partial charge is 0.493 e. The number of amides is 1. The first-order chi connectivity index (χ1) is 11.3. The van der Waals surface area contributed by atoms with Crippen molar-refractivity contribution in [3.63, 3.8) is 0 Å². The van der Waals surface area contributed by atoms with E-state index in [0.717, 1.165) is 15.7 Å². The van der Waals surface area contributed by atoms with E-state index in [2.05, 4.69) is 4.98 Å². The van der Waals surface area contributed by atoms with Gasteiger partial charge in [0.05, 0.1) is 5.69 Å². The van der Waals surface area contributed by atoms with Gasteiger partial charge in [0.25, 0.3) is 5.91 Å². The van der Waals surface area contributed by atoms with Gasteiger partial charge >= 0.3 is 5.69 Å². The third-order valence-electron chi connectivity index (χ3n) is 4.05. The molecule has 130 valence electrons. The lowest BCUT2D eigenvalue weighted by atomic mass is 10.0. The van der Waals surface area contributed by atoms with Crippen LogP contribution in [0, 0.1) is 12.8 Å². The number of aromatic nitrogens is 2. The number of H-pyrrole nitrogens is 1. The number of benzene rings is 1. The van der Waals surface area contributed by atoms with Crippen LogP contribution in [-0.2, 0) is 17.6 Å². The molecule has 1 aromatic heterocycles. The Bertz CT molecular complexity index is 759. The summed E-state index contributed by atoms with van der Waals surface area (Å²) in [5.41, 5.74) is 3.59. The van der Waals surface area contributed by atoms with Crippen LogP contribution in [0.2, 0.25) is 0 Å². The maximum Gasteiger partial charge on any atom is 0.329 e. The van der Waals surface area contributed by atoms with Crippen LogP contribution in [0.25, 0.3) is 0 Å². The molecule has 2 aromatic rings. The van der Waals surface area contributed by atoms with Crippen molar-refractivity contribution in [2.45, 2.75) is 39.7 Å². The fourth-order valence-electron chi connectivity index (χ4n) is 2.73. The van der Waals surface area contributed by atoms with Gasteiger partial charge in [-0.1, -0.05) is 43.7 Å². The van der Waals surface area contributed by atoms with E-state index < -0.39 is 17.6 Å². The molecule has 1 heterocycles. The van der Waals surface area contributed by atoms with Crippen LogP contribution >= 0.6 is 0 Å². The molecule has 4 N–H and O–H groups in total. The van der Waals surface area contributed by atoms with Crippen molar-refractivity contribution in [2.24, 2.45) is 5.92 Å². The molecule has 0 aliphatic carbocycles. The number of aromatic amines is 1. The van der Waals surface area contributed by atoms with E-state index in [9.17, 15) is 14.7 Å². The molecule has 0 unspecified atom stereocenters. The number of rotatable bonds is 6. The Kier molecular flexibility index (Phi) is 5.46. The smallest absolute Gasteiger partial charge is 0.329 e. The number of nitrogens with one attached hydrogen (secondary N) is 2. The first kappa shape index (κ1) is 17.8. The van der Waals surface area contributed by atoms with Crippen LogP contribution in [0.1, 0.15) is 36.7 Å². The maximum atomic E-state index is 12.2. The molecule has 2 rings (SSSR count). The first-order valence-electron chi connectivity index (χ1n) is 7.87. The van der Waals surface area contributed by atoms with Crippen molar-refractivity contribution < 1.29 is 15.1 Å². The molecule has 0 aliphatic heterocycles. The van der Waals surface area contributed by atoms with Gasteiger partial charge in [0.2, 0.25) is 5.88 Å². The average molecular weight is 333 g/mol. The summed E-state index contributed by atoms with van der Waals surface area (Å²) in [5, 5.41) is 19.2. The summed E-state index contributed by atoms with van der Waals surface area (Å²) in [5.74, 6) is -1.30. The Morgan fingerprint density at radius 2 is 1.88 bits per heavy atom. The Balaban J connectivity index is 2.26. The molecule has 7 heteroatoms. The summed E-state index contributed by atoms with van der Waals surface area (Å²) in [6.45, 7) is 5.46. The molecular formula is C17H23N3O4. The summed E-state index contributed by atoms with van der Waals surface area (Å²) < 4.78 is 0.987. The fraction of sp³-hybridized carbons (Fsp3) is 0.412. The summed E-state index contributed by atoms with van der Waals surface area (Å²) in [6, 6.07) is 7.01. The number of aryl methyl sites for hydroxylation is 3. The van der Waals surface area contributed by atoms with E-state index in [0.29, 0.717) is 18.5 Å². The van der Waals surface area contributed by atoms with Gasteiger partial charge in [-0.15, -0.1) is 0 Å². The van der Waals surface area contributed by atoms with Gasteiger partial charge in [-0.05, 0) is 31.2 Å². The molecule has 1 amide bonds. The summed E-state index contributed by atoms with van der Waals surface area (Å²) in [6.07, 6.45) is 1.08. The van der Waals surface area contributed by atoms with Crippen LogP contribution in [0.5, 0.6) is 5.88 Å². The summed E-state index contributed by atoms with van der Waals surface area (Å²) >= 11 is 0. The second-order valence-electron chi connectivity index (χ2n) is 6.25. The van der Waals surface area contributed by atoms with Gasteiger partial charge in [0.15, 0.2) is 0 Å². The van der Waals surface area contributed by atoms with E-state index >= 15 is 0 Å². The van der Waals surface area contributed by atoms with Crippen LogP contribution < -0.4 is 11.2 Å². The normalized spacial score (nSPS) is 12.4. The van der Waals surface area contributed by atoms with Gasteiger partial charge in [-0.2, -0.15) is 0 Å². The molecule has 0 fully saturated rings. The molecule has 7 nitrogen and oxygen atoms in total. The minimum atomic E-state index is -0.994. The number of hydroxylamine groups is 1. The fourth-order valence-corrected chi connectivity index (χ4v) is 2.73. The van der Waals surface area contributed by atoms with E-state index in [1.807, 2.05) is 31.2 Å². The minimum Gasteiger partial charge on any atom is -0.493 e. The van der Waals surface area contributed by atoms with Crippen molar-refractivity contribution in [3.05, 3.63) is 51.6 Å². The highest BCUT2D eigenvalue weighted by molar-refractivity contribution is 5.79. The molecule has 0 bridgehead atoms. The predicted molar refractivity (Wildman–Crippen MR) is 89.1 cm³/mol. The Hall–Kier alpha value is -2.54. The number of nitrogens with zero attached hydrogens (tertiary/aromatic N) is 1. The zero-order valence-electron chi connectivity index (χ0n) is 14.0. The van der Waals surface area contributed by atoms with Gasteiger partial charge < -0.3 is 10.1 Å². The van der Waals surface area contributed by atoms with Crippen LogP contribution in [0.15, 0.2) is 29.1 Å². The van der Waals surface area contributed by atoms with E-state index in [1.54, 1.807) is 19.3 Å². The van der Waals surface area contributed by atoms with E-state index in [-0.39, 0.29) is 11.8 Å². The number of aromatic hydroxyl groups is 1. The first-order valence-corrected chi connectivity index (χ1v) is 7.87. The predicted octanol–water partition coefficient (Wildman–Crippen LogP) is 1.68.